The molecule has 0 saturated carbocycles. The second kappa shape index (κ2) is 6.08. The molecule has 1 saturated heterocycles. The van der Waals surface area contributed by atoms with Crippen molar-refractivity contribution < 1.29 is 22.1 Å². The van der Waals surface area contributed by atoms with Crippen molar-refractivity contribution >= 4 is 16.2 Å². The largest absolute Gasteiger partial charge is 0.444 e. The van der Waals surface area contributed by atoms with Gasteiger partial charge in [0.2, 0.25) is 0 Å². The second-order valence-corrected chi connectivity index (χ2v) is 8.04. The number of ether oxygens (including phenoxy) is 1. The van der Waals surface area contributed by atoms with Gasteiger partial charge in [-0.2, -0.15) is 13.7 Å². The zero-order valence-corrected chi connectivity index (χ0v) is 14.0. The van der Waals surface area contributed by atoms with Gasteiger partial charge in [0.15, 0.2) is 0 Å². The minimum Gasteiger partial charge on any atom is -0.444 e. The van der Waals surface area contributed by atoms with Gasteiger partial charge in [-0.3, -0.25) is 0 Å². The molecule has 1 fully saturated rings. The lowest BCUT2D eigenvalue weighted by atomic mass is 10.2. The van der Waals surface area contributed by atoms with Crippen molar-refractivity contribution in [1.29, 1.82) is 5.26 Å². The average molecular weight is 338 g/mol. The summed E-state index contributed by atoms with van der Waals surface area (Å²) < 4.78 is 34.5. The molecule has 0 atom stereocenters. The van der Waals surface area contributed by atoms with Gasteiger partial charge in [-0.25, -0.2) is 4.79 Å². The van der Waals surface area contributed by atoms with Gasteiger partial charge in [-0.1, -0.05) is 6.07 Å². The van der Waals surface area contributed by atoms with E-state index in [1.54, 1.807) is 26.8 Å². The highest BCUT2D eigenvalue weighted by Gasteiger charge is 2.42. The van der Waals surface area contributed by atoms with Crippen LogP contribution in [-0.2, 0) is 14.9 Å². The van der Waals surface area contributed by atoms with E-state index >= 15 is 0 Å². The third kappa shape index (κ3) is 4.36. The molecule has 0 aliphatic carbocycles. The maximum Gasteiger partial charge on any atom is 0.410 e. The van der Waals surface area contributed by atoms with Gasteiger partial charge in [0.25, 0.3) is 0 Å². The highest BCUT2D eigenvalue weighted by Crippen LogP contribution is 2.23. The van der Waals surface area contributed by atoms with E-state index < -0.39 is 27.1 Å². The molecule has 1 aliphatic heterocycles. The summed E-state index contributed by atoms with van der Waals surface area (Å²) >= 11 is 0. The van der Waals surface area contributed by atoms with Crippen molar-refractivity contribution in [3.8, 4) is 11.8 Å². The van der Waals surface area contributed by atoms with Crippen molar-refractivity contribution in [3.05, 3.63) is 29.8 Å². The molecule has 0 radical (unpaired) electrons. The highest BCUT2D eigenvalue weighted by atomic mass is 32.2. The zero-order chi connectivity index (χ0) is 17.3. The first-order chi connectivity index (χ1) is 10.6. The zero-order valence-electron chi connectivity index (χ0n) is 13.1. The van der Waals surface area contributed by atoms with E-state index in [1.165, 1.54) is 23.1 Å². The van der Waals surface area contributed by atoms with Crippen LogP contribution in [0.15, 0.2) is 24.3 Å². The molecular weight excluding hydrogens is 320 g/mol. The molecule has 124 valence electrons. The monoisotopic (exact) mass is 338 g/mol. The smallest absolute Gasteiger partial charge is 0.410 e. The minimum absolute atomic E-state index is 0.0230. The first-order valence-corrected chi connectivity index (χ1v) is 8.49. The van der Waals surface area contributed by atoms with Crippen LogP contribution in [-0.4, -0.2) is 43.4 Å². The average Bonchev–Trinajstić information content (AvgIpc) is 2.33. The topological polar surface area (TPSA) is 96.7 Å². The van der Waals surface area contributed by atoms with Crippen molar-refractivity contribution in [2.75, 3.05) is 13.1 Å². The van der Waals surface area contributed by atoms with Crippen LogP contribution in [0, 0.1) is 11.3 Å². The molecule has 1 amide bonds. The van der Waals surface area contributed by atoms with E-state index in [0.717, 1.165) is 0 Å². The number of carbonyl (C=O) groups excluding carboxylic acids is 1. The molecule has 0 N–H and O–H groups in total. The normalized spacial score (nSPS) is 15.5. The maximum absolute atomic E-state index is 12.2. The Balaban J connectivity index is 1.96. The van der Waals surface area contributed by atoms with Crippen LogP contribution in [0.25, 0.3) is 0 Å². The Morgan fingerprint density at radius 1 is 1.35 bits per heavy atom. The van der Waals surface area contributed by atoms with Gasteiger partial charge >= 0.3 is 16.2 Å². The van der Waals surface area contributed by atoms with Crippen molar-refractivity contribution in [1.82, 2.24) is 4.90 Å². The summed E-state index contributed by atoms with van der Waals surface area (Å²) in [5.74, 6) is 0.0831. The fourth-order valence-corrected chi connectivity index (χ4v) is 3.15. The molecule has 23 heavy (non-hydrogen) atoms. The van der Waals surface area contributed by atoms with E-state index in [1.807, 2.05) is 6.07 Å². The van der Waals surface area contributed by atoms with Crippen molar-refractivity contribution in [2.45, 2.75) is 31.6 Å². The quantitative estimate of drug-likeness (QED) is 0.781. The Bertz CT molecular complexity index is 740. The molecule has 0 bridgehead atoms. The summed E-state index contributed by atoms with van der Waals surface area (Å²) in [6, 6.07) is 7.81. The lowest BCUT2D eigenvalue weighted by molar-refractivity contribution is 0.0135. The third-order valence-corrected chi connectivity index (χ3v) is 4.62. The molecule has 1 aliphatic rings. The van der Waals surface area contributed by atoms with Crippen LogP contribution in [0.4, 0.5) is 4.79 Å². The van der Waals surface area contributed by atoms with Crippen molar-refractivity contribution in [3.63, 3.8) is 0 Å². The van der Waals surface area contributed by atoms with Crippen molar-refractivity contribution in [2.24, 2.45) is 0 Å². The molecule has 1 heterocycles. The summed E-state index contributed by atoms with van der Waals surface area (Å²) in [4.78, 5) is 13.1. The van der Waals surface area contributed by atoms with E-state index in [9.17, 15) is 13.2 Å². The molecule has 1 aromatic carbocycles. The number of nitrogens with zero attached hydrogens (tertiary/aromatic N) is 2. The number of hydrogen-bond acceptors (Lipinski definition) is 6. The molecule has 7 nitrogen and oxygen atoms in total. The van der Waals surface area contributed by atoms with Crippen LogP contribution in [0.5, 0.6) is 5.75 Å². The number of likely N-dealkylation sites (tertiary alicyclic amines) is 1. The van der Waals surface area contributed by atoms with Gasteiger partial charge in [0.1, 0.15) is 16.6 Å². The molecule has 0 aromatic heterocycles. The fraction of sp³-hybridized carbons (Fsp3) is 0.467. The molecule has 0 unspecified atom stereocenters. The van der Waals surface area contributed by atoms with Crippen LogP contribution in [0.3, 0.4) is 0 Å². The lowest BCUT2D eigenvalue weighted by Crippen LogP contribution is -2.58. The Morgan fingerprint density at radius 3 is 2.57 bits per heavy atom. The van der Waals surface area contributed by atoms with E-state index in [0.29, 0.717) is 5.56 Å². The van der Waals surface area contributed by atoms with Crippen LogP contribution in [0.1, 0.15) is 26.3 Å². The number of rotatable bonds is 3. The standard InChI is InChI=1S/C15H18N2O5S/c1-15(2,3)21-14(18)17-9-13(10-17)23(19,20)22-12-6-4-5-11(7-12)8-16/h4-7,13H,9-10H2,1-3H3. The van der Waals surface area contributed by atoms with Gasteiger partial charge in [-0.15, -0.1) is 0 Å². The van der Waals surface area contributed by atoms with E-state index in [2.05, 4.69) is 0 Å². The van der Waals surface area contributed by atoms with Gasteiger partial charge in [-0.05, 0) is 39.0 Å². The Hall–Kier alpha value is -2.27. The Kier molecular flexibility index (Phi) is 4.52. The maximum atomic E-state index is 12.2. The second-order valence-electron chi connectivity index (χ2n) is 6.22. The van der Waals surface area contributed by atoms with Gasteiger partial charge < -0.3 is 13.8 Å². The van der Waals surface area contributed by atoms with E-state index in [-0.39, 0.29) is 18.8 Å². The van der Waals surface area contributed by atoms with Gasteiger partial charge in [0.05, 0.1) is 11.6 Å². The summed E-state index contributed by atoms with van der Waals surface area (Å²) in [5, 5.41) is 8.00. The highest BCUT2D eigenvalue weighted by molar-refractivity contribution is 7.87. The number of carbonyl (C=O) groups is 1. The van der Waals surface area contributed by atoms with Gasteiger partial charge in [0, 0.05) is 13.1 Å². The van der Waals surface area contributed by atoms with Crippen LogP contribution >= 0.6 is 0 Å². The number of hydrogen-bond donors (Lipinski definition) is 0. The molecule has 2 rings (SSSR count). The predicted octanol–water partition coefficient (Wildman–Crippen LogP) is 1.89. The van der Waals surface area contributed by atoms with Crippen LogP contribution in [0.2, 0.25) is 0 Å². The number of amides is 1. The summed E-state index contributed by atoms with van der Waals surface area (Å²) in [7, 11) is -3.87. The Morgan fingerprint density at radius 2 is 2.00 bits per heavy atom. The predicted molar refractivity (Wildman–Crippen MR) is 82.3 cm³/mol. The number of nitriles is 1. The molecule has 1 aromatic rings. The summed E-state index contributed by atoms with van der Waals surface area (Å²) in [5.41, 5.74) is -0.323. The molecule has 0 spiro atoms. The lowest BCUT2D eigenvalue weighted by Gasteiger charge is -2.38. The molecular formula is C15H18N2O5S. The SMILES string of the molecule is CC(C)(C)OC(=O)N1CC(S(=O)(=O)Oc2cccc(C#N)c2)C1. The number of benzene rings is 1. The van der Waals surface area contributed by atoms with E-state index in [4.69, 9.17) is 14.2 Å². The first kappa shape index (κ1) is 17.1. The first-order valence-electron chi connectivity index (χ1n) is 7.02. The summed E-state index contributed by atoms with van der Waals surface area (Å²) in [6.45, 7) is 5.27. The fourth-order valence-electron chi connectivity index (χ4n) is 1.92. The minimum atomic E-state index is -3.87. The van der Waals surface area contributed by atoms with Crippen LogP contribution < -0.4 is 4.18 Å². The summed E-state index contributed by atoms with van der Waals surface area (Å²) in [6.07, 6.45) is -0.546. The Labute approximate surface area is 135 Å². The third-order valence-electron chi connectivity index (χ3n) is 3.08. The molecule has 8 heteroatoms.